The zero-order chi connectivity index (χ0) is 20.4. The molecule has 5 heteroatoms. The minimum atomic E-state index is 0. The van der Waals surface area contributed by atoms with Crippen molar-refractivity contribution in [1.29, 1.82) is 0 Å². The number of nitrogens with zero attached hydrogens (tertiary/aromatic N) is 2. The molecule has 0 atom stereocenters. The number of benzene rings is 2. The third kappa shape index (κ3) is 5.03. The highest BCUT2D eigenvalue weighted by atomic mass is 35.5. The van der Waals surface area contributed by atoms with Gasteiger partial charge in [0.25, 0.3) is 0 Å². The first-order valence-electron chi connectivity index (χ1n) is 10.0. The lowest BCUT2D eigenvalue weighted by atomic mass is 9.96. The Hall–Kier alpha value is -2.36. The molecule has 0 aliphatic heterocycles. The number of fused-ring (bicyclic) bond motifs is 1. The molecule has 0 saturated carbocycles. The van der Waals surface area contributed by atoms with Gasteiger partial charge in [0.1, 0.15) is 0 Å². The Morgan fingerprint density at radius 3 is 2.47 bits per heavy atom. The molecule has 0 saturated heterocycles. The molecule has 0 bridgehead atoms. The summed E-state index contributed by atoms with van der Waals surface area (Å²) in [6.07, 6.45) is 4.63. The van der Waals surface area contributed by atoms with Gasteiger partial charge in [-0.05, 0) is 66.1 Å². The Labute approximate surface area is 189 Å². The van der Waals surface area contributed by atoms with Crippen LogP contribution in [0.4, 0.5) is 0 Å². The third-order valence-corrected chi connectivity index (χ3v) is 5.77. The number of amides is 1. The van der Waals surface area contributed by atoms with E-state index in [1.807, 2.05) is 18.2 Å². The van der Waals surface area contributed by atoms with Gasteiger partial charge in [-0.2, -0.15) is 0 Å². The number of carbonyl (C=O) groups excluding carboxylic acids is 1. The molecule has 0 unspecified atom stereocenters. The van der Waals surface area contributed by atoms with Crippen molar-refractivity contribution in [3.63, 3.8) is 0 Å². The summed E-state index contributed by atoms with van der Waals surface area (Å²) < 4.78 is 0. The van der Waals surface area contributed by atoms with Crippen molar-refractivity contribution < 1.29 is 4.79 Å². The van der Waals surface area contributed by atoms with E-state index in [2.05, 4.69) is 36.4 Å². The van der Waals surface area contributed by atoms with E-state index in [9.17, 15) is 4.79 Å². The van der Waals surface area contributed by atoms with Crippen molar-refractivity contribution in [2.24, 2.45) is 0 Å². The fourth-order valence-electron chi connectivity index (χ4n) is 3.91. The first kappa shape index (κ1) is 22.3. The number of aromatic nitrogens is 1. The molecule has 30 heavy (non-hydrogen) atoms. The number of halogens is 2. The third-order valence-electron chi connectivity index (χ3n) is 5.53. The first-order valence-corrected chi connectivity index (χ1v) is 10.4. The second-order valence-electron chi connectivity index (χ2n) is 7.91. The van der Waals surface area contributed by atoms with Crippen molar-refractivity contribution in [2.75, 3.05) is 14.1 Å². The minimum Gasteiger partial charge on any atom is -0.349 e. The maximum atomic E-state index is 11.9. The predicted octanol–water partition coefficient (Wildman–Crippen LogP) is 5.53. The van der Waals surface area contributed by atoms with Crippen molar-refractivity contribution in [3.8, 4) is 11.3 Å². The number of aryl methyl sites for hydroxylation is 1. The number of likely N-dealkylation sites (N-methyl/N-ethyl adjacent to an activating group) is 1. The lowest BCUT2D eigenvalue weighted by Crippen LogP contribution is -2.23. The molecule has 3 nitrogen and oxygen atoms in total. The molecule has 1 aliphatic rings. The number of hydrogen-bond donors (Lipinski definition) is 0. The van der Waals surface area contributed by atoms with Gasteiger partial charge in [-0.25, -0.2) is 0 Å². The van der Waals surface area contributed by atoms with E-state index in [4.69, 9.17) is 16.6 Å². The minimum absolute atomic E-state index is 0. The second kappa shape index (κ2) is 9.63. The molecule has 1 aliphatic carbocycles. The van der Waals surface area contributed by atoms with E-state index >= 15 is 0 Å². The maximum Gasteiger partial charge on any atom is 0.226 e. The predicted molar refractivity (Wildman–Crippen MR) is 126 cm³/mol. The molecular formula is C25H26Cl2N2O. The Kier molecular flexibility index (Phi) is 7.17. The van der Waals surface area contributed by atoms with Crippen molar-refractivity contribution in [1.82, 2.24) is 9.88 Å². The molecule has 156 valence electrons. The molecular weight excluding hydrogens is 415 g/mol. The lowest BCUT2D eigenvalue weighted by molar-refractivity contribution is -0.127. The van der Waals surface area contributed by atoms with Crippen molar-refractivity contribution >= 4 is 29.9 Å². The van der Waals surface area contributed by atoms with Gasteiger partial charge in [0.05, 0.1) is 12.1 Å². The molecule has 0 spiro atoms. The molecule has 3 aromatic rings. The van der Waals surface area contributed by atoms with Crippen LogP contribution in [0, 0.1) is 0 Å². The molecule has 1 amide bonds. The van der Waals surface area contributed by atoms with Gasteiger partial charge >= 0.3 is 0 Å². The number of hydrogen-bond acceptors (Lipinski definition) is 2. The number of carbonyl (C=O) groups is 1. The van der Waals surface area contributed by atoms with Crippen LogP contribution in [-0.4, -0.2) is 29.9 Å². The largest absolute Gasteiger partial charge is 0.349 e. The zero-order valence-electron chi connectivity index (χ0n) is 17.3. The standard InChI is InChI=1S/C25H25ClN2O.ClH/c1-28(2)25(29)14-18-11-9-17(10-12-18)13-20-16-24(19-5-3-6-21(26)15-19)27-23-8-4-7-22(20)23;/h3,5-6,9-12,15-16H,4,7-8,13-14H2,1-2H3;1H. The van der Waals surface area contributed by atoms with E-state index in [0.29, 0.717) is 6.42 Å². The highest BCUT2D eigenvalue weighted by Gasteiger charge is 2.19. The van der Waals surface area contributed by atoms with Crippen LogP contribution in [0.1, 0.15) is 34.4 Å². The fraction of sp³-hybridized carbons (Fsp3) is 0.280. The van der Waals surface area contributed by atoms with Crippen LogP contribution in [0.2, 0.25) is 5.02 Å². The monoisotopic (exact) mass is 440 g/mol. The molecule has 1 heterocycles. The van der Waals surface area contributed by atoms with Crippen LogP contribution in [-0.2, 0) is 30.5 Å². The summed E-state index contributed by atoms with van der Waals surface area (Å²) >= 11 is 6.20. The van der Waals surface area contributed by atoms with Gasteiger partial charge in [0, 0.05) is 30.4 Å². The zero-order valence-corrected chi connectivity index (χ0v) is 18.9. The smallest absolute Gasteiger partial charge is 0.226 e. The summed E-state index contributed by atoms with van der Waals surface area (Å²) in [5.41, 5.74) is 8.34. The van der Waals surface area contributed by atoms with Gasteiger partial charge in [0.15, 0.2) is 0 Å². The van der Waals surface area contributed by atoms with Crippen molar-refractivity contribution in [2.45, 2.75) is 32.1 Å². The highest BCUT2D eigenvalue weighted by molar-refractivity contribution is 6.30. The SMILES string of the molecule is CN(C)C(=O)Cc1ccc(Cc2cc(-c3cccc(Cl)c3)nc3c2CCC3)cc1.Cl. The highest BCUT2D eigenvalue weighted by Crippen LogP contribution is 2.31. The lowest BCUT2D eigenvalue weighted by Gasteiger charge is -2.13. The van der Waals surface area contributed by atoms with Crippen LogP contribution in [0.15, 0.2) is 54.6 Å². The summed E-state index contributed by atoms with van der Waals surface area (Å²) in [4.78, 5) is 18.5. The first-order chi connectivity index (χ1) is 14.0. The topological polar surface area (TPSA) is 33.2 Å². The summed E-state index contributed by atoms with van der Waals surface area (Å²) in [5, 5.41) is 0.731. The van der Waals surface area contributed by atoms with Gasteiger partial charge < -0.3 is 4.90 Å². The van der Waals surface area contributed by atoms with Crippen LogP contribution < -0.4 is 0 Å². The molecule has 0 radical (unpaired) electrons. The molecule has 4 rings (SSSR count). The quantitative estimate of drug-likeness (QED) is 0.521. The summed E-state index contributed by atoms with van der Waals surface area (Å²) in [6, 6.07) is 18.5. The number of rotatable bonds is 5. The summed E-state index contributed by atoms with van der Waals surface area (Å²) in [5.74, 6) is 0.121. The van der Waals surface area contributed by atoms with E-state index in [-0.39, 0.29) is 18.3 Å². The molecule has 1 aromatic heterocycles. The van der Waals surface area contributed by atoms with Gasteiger partial charge in [-0.1, -0.05) is 48.0 Å². The Morgan fingerprint density at radius 2 is 1.77 bits per heavy atom. The van der Waals surface area contributed by atoms with Gasteiger partial charge in [-0.15, -0.1) is 12.4 Å². The molecule has 2 aromatic carbocycles. The number of pyridine rings is 1. The maximum absolute atomic E-state index is 11.9. The molecule has 0 N–H and O–H groups in total. The van der Waals surface area contributed by atoms with Gasteiger partial charge in [0.2, 0.25) is 5.91 Å². The average molecular weight is 441 g/mol. The van der Waals surface area contributed by atoms with Gasteiger partial charge in [-0.3, -0.25) is 9.78 Å². The van der Waals surface area contributed by atoms with E-state index in [1.165, 1.54) is 28.8 Å². The Morgan fingerprint density at radius 1 is 1.03 bits per heavy atom. The molecule has 0 fully saturated rings. The van der Waals surface area contributed by atoms with E-state index < -0.39 is 0 Å². The van der Waals surface area contributed by atoms with Crippen LogP contribution in [0.5, 0.6) is 0 Å². The normalized spacial score (nSPS) is 12.2. The second-order valence-corrected chi connectivity index (χ2v) is 8.35. The fourth-order valence-corrected chi connectivity index (χ4v) is 4.10. The van der Waals surface area contributed by atoms with Crippen LogP contribution >= 0.6 is 24.0 Å². The van der Waals surface area contributed by atoms with Crippen molar-refractivity contribution in [3.05, 3.63) is 87.6 Å². The van der Waals surface area contributed by atoms with E-state index in [0.717, 1.165) is 41.1 Å². The summed E-state index contributed by atoms with van der Waals surface area (Å²) in [7, 11) is 3.58. The van der Waals surface area contributed by atoms with Crippen LogP contribution in [0.25, 0.3) is 11.3 Å². The Bertz CT molecular complexity index is 1050. The summed E-state index contributed by atoms with van der Waals surface area (Å²) in [6.45, 7) is 0. The Balaban J connectivity index is 0.00000256. The average Bonchev–Trinajstić information content (AvgIpc) is 3.18. The van der Waals surface area contributed by atoms with E-state index in [1.54, 1.807) is 19.0 Å². The van der Waals surface area contributed by atoms with Crippen LogP contribution in [0.3, 0.4) is 0 Å².